The summed E-state index contributed by atoms with van der Waals surface area (Å²) in [4.78, 5) is 0. The summed E-state index contributed by atoms with van der Waals surface area (Å²) in [5, 5.41) is 16.5. The number of hydrogen-bond acceptors (Lipinski definition) is 4. The van der Waals surface area contributed by atoms with Crippen LogP contribution in [0.1, 0.15) is 5.56 Å². The predicted octanol–water partition coefficient (Wildman–Crippen LogP) is 4.23. The molecule has 0 unspecified atom stereocenters. The van der Waals surface area contributed by atoms with E-state index in [1.54, 1.807) is 30.6 Å². The fraction of sp³-hybridized carbons (Fsp3) is 0.125. The van der Waals surface area contributed by atoms with Crippen LogP contribution < -0.4 is 10.1 Å². The van der Waals surface area contributed by atoms with Gasteiger partial charge in [0, 0.05) is 23.0 Å². The van der Waals surface area contributed by atoms with Crippen molar-refractivity contribution in [2.24, 2.45) is 0 Å². The number of rotatable bonds is 4. The lowest BCUT2D eigenvalue weighted by Gasteiger charge is -2.08. The molecule has 102 valence electrons. The maximum absolute atomic E-state index is 9.76. The number of aromatic hydroxyl groups is 1. The van der Waals surface area contributed by atoms with Crippen LogP contribution in [0.3, 0.4) is 0 Å². The van der Waals surface area contributed by atoms with Gasteiger partial charge in [-0.25, -0.2) is 0 Å². The van der Waals surface area contributed by atoms with E-state index < -0.39 is 0 Å². The number of methoxy groups -OCH3 is 1. The highest BCUT2D eigenvalue weighted by Crippen LogP contribution is 2.30. The van der Waals surface area contributed by atoms with Crippen LogP contribution in [0.15, 0.2) is 47.8 Å². The Hall–Kier alpha value is -2.20. The monoisotopic (exact) mass is 285 g/mol. The molecule has 0 atom stereocenters. The van der Waals surface area contributed by atoms with Crippen molar-refractivity contribution in [2.45, 2.75) is 6.54 Å². The zero-order chi connectivity index (χ0) is 13.9. The third kappa shape index (κ3) is 2.42. The van der Waals surface area contributed by atoms with Gasteiger partial charge in [0.2, 0.25) is 0 Å². The van der Waals surface area contributed by atoms with Crippen molar-refractivity contribution < 1.29 is 9.84 Å². The summed E-state index contributed by atoms with van der Waals surface area (Å²) in [6.45, 7) is 0.732. The van der Waals surface area contributed by atoms with Gasteiger partial charge in [-0.05, 0) is 34.5 Å². The van der Waals surface area contributed by atoms with Crippen molar-refractivity contribution in [2.75, 3.05) is 12.4 Å². The first-order valence-electron chi connectivity index (χ1n) is 6.34. The molecular weight excluding hydrogens is 270 g/mol. The van der Waals surface area contributed by atoms with Crippen LogP contribution >= 0.6 is 11.3 Å². The van der Waals surface area contributed by atoms with E-state index in [0.29, 0.717) is 5.75 Å². The van der Waals surface area contributed by atoms with Crippen molar-refractivity contribution in [1.82, 2.24) is 0 Å². The van der Waals surface area contributed by atoms with E-state index in [9.17, 15) is 5.11 Å². The number of anilines is 1. The van der Waals surface area contributed by atoms with Crippen LogP contribution in [0.4, 0.5) is 5.69 Å². The molecule has 0 saturated carbocycles. The third-order valence-corrected chi connectivity index (χ3v) is 4.24. The molecule has 1 heterocycles. The average Bonchev–Trinajstić information content (AvgIpc) is 2.88. The van der Waals surface area contributed by atoms with Crippen molar-refractivity contribution >= 4 is 27.1 Å². The molecule has 3 nitrogen and oxygen atoms in total. The van der Waals surface area contributed by atoms with Gasteiger partial charge in [-0.1, -0.05) is 18.2 Å². The van der Waals surface area contributed by atoms with Crippen LogP contribution in [0, 0.1) is 0 Å². The van der Waals surface area contributed by atoms with E-state index in [-0.39, 0.29) is 5.75 Å². The molecule has 0 bridgehead atoms. The number of phenolic OH excluding ortho intramolecular Hbond substituents is 1. The zero-order valence-corrected chi connectivity index (χ0v) is 11.9. The van der Waals surface area contributed by atoms with Crippen molar-refractivity contribution in [3.63, 3.8) is 0 Å². The molecule has 3 aromatic rings. The number of ether oxygens (including phenoxy) is 1. The second-order valence-electron chi connectivity index (χ2n) is 4.50. The van der Waals surface area contributed by atoms with Gasteiger partial charge in [-0.2, -0.15) is 0 Å². The average molecular weight is 285 g/mol. The Balaban J connectivity index is 1.78. The van der Waals surface area contributed by atoms with Crippen LogP contribution in [0.25, 0.3) is 10.1 Å². The van der Waals surface area contributed by atoms with E-state index in [1.807, 2.05) is 6.07 Å². The van der Waals surface area contributed by atoms with Crippen LogP contribution in [0.5, 0.6) is 11.5 Å². The molecule has 20 heavy (non-hydrogen) atoms. The standard InChI is InChI=1S/C16H15NO2S/c1-19-15-7-6-12(8-14(15)18)17-9-11-10-20-16-5-3-2-4-13(11)16/h2-8,10,17-18H,9H2,1H3. The minimum absolute atomic E-state index is 0.146. The SMILES string of the molecule is COc1ccc(NCc2csc3ccccc23)cc1O. The van der Waals surface area contributed by atoms with E-state index in [2.05, 4.69) is 35.0 Å². The number of thiophene rings is 1. The first-order chi connectivity index (χ1) is 9.78. The largest absolute Gasteiger partial charge is 0.504 e. The number of benzene rings is 2. The molecule has 1 aromatic heterocycles. The Morgan fingerprint density at radius 2 is 2.05 bits per heavy atom. The maximum Gasteiger partial charge on any atom is 0.160 e. The molecule has 0 spiro atoms. The van der Waals surface area contributed by atoms with Gasteiger partial charge < -0.3 is 15.2 Å². The molecule has 2 aromatic carbocycles. The summed E-state index contributed by atoms with van der Waals surface area (Å²) < 4.78 is 6.33. The molecule has 0 fully saturated rings. The van der Waals surface area contributed by atoms with E-state index in [4.69, 9.17) is 4.74 Å². The molecule has 0 radical (unpaired) electrons. The van der Waals surface area contributed by atoms with Crippen LogP contribution in [-0.2, 0) is 6.54 Å². The topological polar surface area (TPSA) is 41.5 Å². The van der Waals surface area contributed by atoms with Gasteiger partial charge in [0.1, 0.15) is 0 Å². The highest BCUT2D eigenvalue weighted by Gasteiger charge is 2.05. The van der Waals surface area contributed by atoms with Crippen molar-refractivity contribution in [3.05, 3.63) is 53.4 Å². The minimum atomic E-state index is 0.146. The quantitative estimate of drug-likeness (QED) is 0.754. The van der Waals surface area contributed by atoms with Crippen molar-refractivity contribution in [3.8, 4) is 11.5 Å². The molecule has 0 amide bonds. The summed E-state index contributed by atoms with van der Waals surface area (Å²) in [5.74, 6) is 0.629. The summed E-state index contributed by atoms with van der Waals surface area (Å²) in [6, 6.07) is 13.7. The van der Waals surface area contributed by atoms with E-state index in [1.165, 1.54) is 15.6 Å². The summed E-state index contributed by atoms with van der Waals surface area (Å²) >= 11 is 1.75. The lowest BCUT2D eigenvalue weighted by atomic mass is 10.2. The number of hydrogen-bond donors (Lipinski definition) is 2. The highest BCUT2D eigenvalue weighted by molar-refractivity contribution is 7.17. The second-order valence-corrected chi connectivity index (χ2v) is 5.41. The zero-order valence-electron chi connectivity index (χ0n) is 11.1. The Kier molecular flexibility index (Phi) is 3.48. The van der Waals surface area contributed by atoms with Gasteiger partial charge >= 0.3 is 0 Å². The first kappa shape index (κ1) is 12.8. The molecule has 4 heteroatoms. The third-order valence-electron chi connectivity index (χ3n) is 3.22. The van der Waals surface area contributed by atoms with E-state index in [0.717, 1.165) is 12.2 Å². The fourth-order valence-corrected chi connectivity index (χ4v) is 3.13. The molecular formula is C16H15NO2S. The van der Waals surface area contributed by atoms with Gasteiger partial charge in [0.25, 0.3) is 0 Å². The number of phenols is 1. The van der Waals surface area contributed by atoms with Gasteiger partial charge in [-0.15, -0.1) is 11.3 Å². The summed E-state index contributed by atoms with van der Waals surface area (Å²) in [6.07, 6.45) is 0. The number of fused-ring (bicyclic) bond motifs is 1. The molecule has 0 aliphatic carbocycles. The molecule has 2 N–H and O–H groups in total. The van der Waals surface area contributed by atoms with Gasteiger partial charge in [-0.3, -0.25) is 0 Å². The lowest BCUT2D eigenvalue weighted by Crippen LogP contribution is -1.98. The Morgan fingerprint density at radius 3 is 2.85 bits per heavy atom. The molecule has 0 saturated heterocycles. The number of nitrogens with one attached hydrogen (secondary N) is 1. The highest BCUT2D eigenvalue weighted by atomic mass is 32.1. The fourth-order valence-electron chi connectivity index (χ4n) is 2.17. The summed E-state index contributed by atoms with van der Waals surface area (Å²) in [7, 11) is 1.54. The second kappa shape index (κ2) is 5.43. The molecule has 0 aliphatic heterocycles. The Bertz CT molecular complexity index is 736. The molecule has 0 aliphatic rings. The maximum atomic E-state index is 9.76. The first-order valence-corrected chi connectivity index (χ1v) is 7.22. The minimum Gasteiger partial charge on any atom is -0.504 e. The smallest absolute Gasteiger partial charge is 0.160 e. The van der Waals surface area contributed by atoms with Crippen molar-refractivity contribution in [1.29, 1.82) is 0 Å². The Labute approximate surface area is 121 Å². The Morgan fingerprint density at radius 1 is 1.20 bits per heavy atom. The predicted molar refractivity (Wildman–Crippen MR) is 83.8 cm³/mol. The summed E-state index contributed by atoms with van der Waals surface area (Å²) in [5.41, 5.74) is 2.14. The van der Waals surface area contributed by atoms with E-state index >= 15 is 0 Å². The van der Waals surface area contributed by atoms with Crippen LogP contribution in [0.2, 0.25) is 0 Å². The molecule has 3 rings (SSSR count). The van der Waals surface area contributed by atoms with Crippen LogP contribution in [-0.4, -0.2) is 12.2 Å². The van der Waals surface area contributed by atoms with Gasteiger partial charge in [0.15, 0.2) is 11.5 Å². The lowest BCUT2D eigenvalue weighted by molar-refractivity contribution is 0.373. The van der Waals surface area contributed by atoms with Gasteiger partial charge in [0.05, 0.1) is 7.11 Å². The normalized spacial score (nSPS) is 10.7.